The standard InChI is InChI=1S/C30H44N4O4/c1-4-38-22-21-34(19-9-8-14-25-16-15-23-11-10-18-31-27(23)32-25)20-17-26(28(35)36)33-29(37)30(2,3)24-12-6-5-7-13-24/h5-7,12-13,15-16,26H,4,8-11,14,17-22H2,1-3H3,(H,31,32)(H,33,37)(H,35,36). The summed E-state index contributed by atoms with van der Waals surface area (Å²) < 4.78 is 5.56. The van der Waals surface area contributed by atoms with E-state index in [1.165, 1.54) is 5.56 Å². The zero-order chi connectivity index (χ0) is 27.4. The van der Waals surface area contributed by atoms with Gasteiger partial charge in [-0.1, -0.05) is 36.4 Å². The highest BCUT2D eigenvalue weighted by Gasteiger charge is 2.33. The van der Waals surface area contributed by atoms with E-state index in [1.54, 1.807) is 0 Å². The molecule has 0 spiro atoms. The highest BCUT2D eigenvalue weighted by molar-refractivity contribution is 5.90. The van der Waals surface area contributed by atoms with E-state index in [0.717, 1.165) is 68.8 Å². The number of anilines is 1. The SMILES string of the molecule is CCOCCN(CCCCc1ccc2c(n1)NCCC2)CCC(NC(=O)C(C)(C)c1ccccc1)C(=O)O. The second kappa shape index (κ2) is 14.8. The van der Waals surface area contributed by atoms with Gasteiger partial charge in [0.15, 0.2) is 0 Å². The van der Waals surface area contributed by atoms with E-state index in [2.05, 4.69) is 27.7 Å². The second-order valence-corrected chi connectivity index (χ2v) is 10.5. The summed E-state index contributed by atoms with van der Waals surface area (Å²) in [6.07, 6.45) is 5.46. The predicted octanol–water partition coefficient (Wildman–Crippen LogP) is 4.04. The maximum Gasteiger partial charge on any atom is 0.326 e. The smallest absolute Gasteiger partial charge is 0.326 e. The second-order valence-electron chi connectivity index (χ2n) is 10.5. The molecular formula is C30H44N4O4. The Kier molecular flexibility index (Phi) is 11.5. The Bertz CT molecular complexity index is 1030. The van der Waals surface area contributed by atoms with Crippen molar-refractivity contribution in [1.29, 1.82) is 0 Å². The molecule has 1 aliphatic rings. The summed E-state index contributed by atoms with van der Waals surface area (Å²) in [6.45, 7) is 9.97. The number of fused-ring (bicyclic) bond motifs is 1. The van der Waals surface area contributed by atoms with E-state index < -0.39 is 17.4 Å². The molecule has 1 aromatic heterocycles. The maximum absolute atomic E-state index is 13.1. The number of hydrogen-bond acceptors (Lipinski definition) is 6. The first kappa shape index (κ1) is 29.6. The quantitative estimate of drug-likeness (QED) is 0.285. The summed E-state index contributed by atoms with van der Waals surface area (Å²) in [4.78, 5) is 32.1. The molecule has 8 nitrogen and oxygen atoms in total. The number of aromatic nitrogens is 1. The van der Waals surface area contributed by atoms with E-state index in [1.807, 2.05) is 51.1 Å². The van der Waals surface area contributed by atoms with Gasteiger partial charge in [0.05, 0.1) is 12.0 Å². The fraction of sp³-hybridized carbons (Fsp3) is 0.567. The number of aryl methyl sites for hydroxylation is 2. The summed E-state index contributed by atoms with van der Waals surface area (Å²) in [6, 6.07) is 12.8. The van der Waals surface area contributed by atoms with Crippen LogP contribution in [0.2, 0.25) is 0 Å². The molecular weight excluding hydrogens is 480 g/mol. The Morgan fingerprint density at radius 2 is 1.92 bits per heavy atom. The highest BCUT2D eigenvalue weighted by Crippen LogP contribution is 2.23. The van der Waals surface area contributed by atoms with Crippen LogP contribution in [0.25, 0.3) is 0 Å². The molecule has 3 rings (SSSR count). The fourth-order valence-corrected chi connectivity index (χ4v) is 4.72. The molecule has 0 saturated carbocycles. The number of benzene rings is 1. The third kappa shape index (κ3) is 8.81. The van der Waals surface area contributed by atoms with Gasteiger partial charge in [0.2, 0.25) is 5.91 Å². The van der Waals surface area contributed by atoms with E-state index in [-0.39, 0.29) is 5.91 Å². The number of carbonyl (C=O) groups excluding carboxylic acids is 1. The third-order valence-electron chi connectivity index (χ3n) is 7.27. The van der Waals surface area contributed by atoms with Gasteiger partial charge in [-0.05, 0) is 83.0 Å². The van der Waals surface area contributed by atoms with Gasteiger partial charge in [-0.25, -0.2) is 9.78 Å². The van der Waals surface area contributed by atoms with Crippen LogP contribution >= 0.6 is 0 Å². The molecule has 2 heterocycles. The normalized spacial score (nSPS) is 14.0. The first-order chi connectivity index (χ1) is 18.3. The molecule has 1 aromatic carbocycles. The number of rotatable bonds is 16. The number of pyridine rings is 1. The molecule has 0 radical (unpaired) electrons. The van der Waals surface area contributed by atoms with Crippen molar-refractivity contribution in [2.45, 2.75) is 70.8 Å². The first-order valence-electron chi connectivity index (χ1n) is 13.9. The lowest BCUT2D eigenvalue weighted by atomic mass is 9.83. The topological polar surface area (TPSA) is 104 Å². The molecule has 0 saturated heterocycles. The van der Waals surface area contributed by atoms with Crippen molar-refractivity contribution >= 4 is 17.7 Å². The van der Waals surface area contributed by atoms with Crippen LogP contribution in [-0.4, -0.2) is 72.3 Å². The van der Waals surface area contributed by atoms with Crippen LogP contribution < -0.4 is 10.6 Å². The van der Waals surface area contributed by atoms with Crippen molar-refractivity contribution in [1.82, 2.24) is 15.2 Å². The lowest BCUT2D eigenvalue weighted by molar-refractivity contribution is -0.142. The number of ether oxygens (including phenoxy) is 1. The largest absolute Gasteiger partial charge is 0.480 e. The van der Waals surface area contributed by atoms with Gasteiger partial charge in [-0.15, -0.1) is 0 Å². The van der Waals surface area contributed by atoms with Crippen molar-refractivity contribution in [3.63, 3.8) is 0 Å². The Morgan fingerprint density at radius 3 is 2.66 bits per heavy atom. The number of carboxylic acid groups (broad SMARTS) is 1. The van der Waals surface area contributed by atoms with Gasteiger partial charge in [0.25, 0.3) is 0 Å². The van der Waals surface area contributed by atoms with Gasteiger partial charge in [-0.3, -0.25) is 4.79 Å². The van der Waals surface area contributed by atoms with Crippen LogP contribution in [0.5, 0.6) is 0 Å². The molecule has 0 aliphatic carbocycles. The van der Waals surface area contributed by atoms with Gasteiger partial charge < -0.3 is 25.4 Å². The number of carbonyl (C=O) groups is 2. The summed E-state index contributed by atoms with van der Waals surface area (Å²) in [5.74, 6) is -0.271. The fourth-order valence-electron chi connectivity index (χ4n) is 4.72. The molecule has 1 atom stereocenters. The number of hydrogen-bond donors (Lipinski definition) is 3. The average Bonchev–Trinajstić information content (AvgIpc) is 2.93. The maximum atomic E-state index is 13.1. The van der Waals surface area contributed by atoms with Gasteiger partial charge >= 0.3 is 5.97 Å². The minimum absolute atomic E-state index is 0.288. The molecule has 2 aromatic rings. The third-order valence-corrected chi connectivity index (χ3v) is 7.27. The number of nitrogens with one attached hydrogen (secondary N) is 2. The van der Waals surface area contributed by atoms with E-state index in [9.17, 15) is 14.7 Å². The lowest BCUT2D eigenvalue weighted by Crippen LogP contribution is -2.49. The van der Waals surface area contributed by atoms with E-state index >= 15 is 0 Å². The van der Waals surface area contributed by atoms with Crippen LogP contribution in [0.4, 0.5) is 5.82 Å². The van der Waals surface area contributed by atoms with Crippen molar-refractivity contribution in [3.8, 4) is 0 Å². The predicted molar refractivity (Wildman–Crippen MR) is 151 cm³/mol. The van der Waals surface area contributed by atoms with E-state index in [4.69, 9.17) is 9.72 Å². The molecule has 208 valence electrons. The molecule has 1 aliphatic heterocycles. The molecule has 1 unspecified atom stereocenters. The van der Waals surface area contributed by atoms with Gasteiger partial charge in [0, 0.05) is 31.9 Å². The Labute approximate surface area is 227 Å². The summed E-state index contributed by atoms with van der Waals surface area (Å²) in [7, 11) is 0. The molecule has 0 bridgehead atoms. The molecule has 0 fully saturated rings. The summed E-state index contributed by atoms with van der Waals surface area (Å²) >= 11 is 0. The van der Waals surface area contributed by atoms with Crippen molar-refractivity contribution in [2.75, 3.05) is 44.7 Å². The van der Waals surface area contributed by atoms with Crippen molar-refractivity contribution in [3.05, 3.63) is 59.3 Å². The monoisotopic (exact) mass is 524 g/mol. The van der Waals surface area contributed by atoms with Gasteiger partial charge in [-0.2, -0.15) is 0 Å². The number of nitrogens with zero attached hydrogens (tertiary/aromatic N) is 2. The highest BCUT2D eigenvalue weighted by atomic mass is 16.5. The number of aliphatic carboxylic acids is 1. The Morgan fingerprint density at radius 1 is 1.13 bits per heavy atom. The van der Waals surface area contributed by atoms with Crippen LogP contribution in [0, 0.1) is 0 Å². The summed E-state index contributed by atoms with van der Waals surface area (Å²) in [5.41, 5.74) is 2.43. The zero-order valence-electron chi connectivity index (χ0n) is 23.2. The number of amides is 1. The lowest BCUT2D eigenvalue weighted by Gasteiger charge is -2.28. The van der Waals surface area contributed by atoms with Gasteiger partial charge in [0.1, 0.15) is 11.9 Å². The van der Waals surface area contributed by atoms with Crippen LogP contribution in [0.15, 0.2) is 42.5 Å². The Hall–Kier alpha value is -2.97. The first-order valence-corrected chi connectivity index (χ1v) is 13.9. The minimum Gasteiger partial charge on any atom is -0.480 e. The number of unbranched alkanes of at least 4 members (excludes halogenated alkanes) is 1. The zero-order valence-corrected chi connectivity index (χ0v) is 23.2. The van der Waals surface area contributed by atoms with Crippen molar-refractivity contribution in [2.24, 2.45) is 0 Å². The van der Waals surface area contributed by atoms with E-state index in [0.29, 0.717) is 26.2 Å². The molecule has 8 heteroatoms. The van der Waals surface area contributed by atoms with Crippen molar-refractivity contribution < 1.29 is 19.4 Å². The number of carboxylic acids is 1. The molecule has 1 amide bonds. The van der Waals surface area contributed by atoms with Crippen LogP contribution in [0.1, 0.15) is 63.3 Å². The Balaban J connectivity index is 1.51. The summed E-state index contributed by atoms with van der Waals surface area (Å²) in [5, 5.41) is 16.0. The molecule has 38 heavy (non-hydrogen) atoms. The van der Waals surface area contributed by atoms with Crippen LogP contribution in [-0.2, 0) is 32.6 Å². The van der Waals surface area contributed by atoms with Crippen LogP contribution in [0.3, 0.4) is 0 Å². The molecule has 3 N–H and O–H groups in total. The minimum atomic E-state index is -1.01. The average molecular weight is 525 g/mol.